The lowest BCUT2D eigenvalue weighted by Gasteiger charge is -2.08. The van der Waals surface area contributed by atoms with Gasteiger partial charge in [-0.25, -0.2) is 0 Å². The summed E-state index contributed by atoms with van der Waals surface area (Å²) in [6, 6.07) is 22.3. The molecule has 4 rings (SSSR count). The molecule has 0 saturated carbocycles. The SMILES string of the molecule is Cc1ccc(C)c(C(=O)Nc2ccn(Cc3cccc4ccccc34)n2)c1. The number of hydrogen-bond donors (Lipinski definition) is 1. The molecule has 3 aromatic carbocycles. The summed E-state index contributed by atoms with van der Waals surface area (Å²) in [5.41, 5.74) is 3.89. The van der Waals surface area contributed by atoms with Gasteiger partial charge in [0.2, 0.25) is 0 Å². The van der Waals surface area contributed by atoms with Crippen molar-refractivity contribution >= 4 is 22.5 Å². The third kappa shape index (κ3) is 3.60. The lowest BCUT2D eigenvalue weighted by atomic mass is 10.0. The molecule has 1 aromatic heterocycles. The summed E-state index contributed by atoms with van der Waals surface area (Å²) < 4.78 is 1.85. The number of anilines is 1. The highest BCUT2D eigenvalue weighted by Crippen LogP contribution is 2.20. The third-order valence-corrected chi connectivity index (χ3v) is 4.73. The molecule has 1 amide bonds. The molecule has 4 nitrogen and oxygen atoms in total. The molecule has 0 aliphatic rings. The van der Waals surface area contributed by atoms with E-state index in [0.29, 0.717) is 17.9 Å². The molecule has 0 aliphatic carbocycles. The van der Waals surface area contributed by atoms with E-state index in [4.69, 9.17) is 0 Å². The van der Waals surface area contributed by atoms with Gasteiger partial charge in [-0.15, -0.1) is 0 Å². The van der Waals surface area contributed by atoms with Crippen LogP contribution in [0.3, 0.4) is 0 Å². The Balaban J connectivity index is 1.53. The third-order valence-electron chi connectivity index (χ3n) is 4.73. The first-order valence-corrected chi connectivity index (χ1v) is 8.99. The van der Waals surface area contributed by atoms with Crippen molar-refractivity contribution in [2.24, 2.45) is 0 Å². The number of hydrogen-bond acceptors (Lipinski definition) is 2. The van der Waals surface area contributed by atoms with Crippen LogP contribution in [-0.4, -0.2) is 15.7 Å². The average molecular weight is 355 g/mol. The minimum absolute atomic E-state index is 0.133. The van der Waals surface area contributed by atoms with Crippen LogP contribution >= 0.6 is 0 Å². The van der Waals surface area contributed by atoms with Crippen LogP contribution in [0.5, 0.6) is 0 Å². The van der Waals surface area contributed by atoms with Gasteiger partial charge < -0.3 is 5.32 Å². The molecular weight excluding hydrogens is 334 g/mol. The van der Waals surface area contributed by atoms with Crippen LogP contribution in [0.4, 0.5) is 5.82 Å². The zero-order chi connectivity index (χ0) is 18.8. The molecule has 4 heteroatoms. The van der Waals surface area contributed by atoms with Crippen LogP contribution in [0.2, 0.25) is 0 Å². The van der Waals surface area contributed by atoms with Crippen molar-refractivity contribution < 1.29 is 4.79 Å². The van der Waals surface area contributed by atoms with E-state index in [2.05, 4.69) is 40.7 Å². The van der Waals surface area contributed by atoms with E-state index in [-0.39, 0.29) is 5.91 Å². The van der Waals surface area contributed by atoms with Crippen LogP contribution in [-0.2, 0) is 6.54 Å². The van der Waals surface area contributed by atoms with Gasteiger partial charge in [-0.05, 0) is 41.8 Å². The minimum Gasteiger partial charge on any atom is -0.305 e. The van der Waals surface area contributed by atoms with Crippen LogP contribution in [0.15, 0.2) is 72.9 Å². The van der Waals surface area contributed by atoms with E-state index in [1.807, 2.05) is 61.1 Å². The number of aryl methyl sites for hydroxylation is 2. The van der Waals surface area contributed by atoms with Crippen LogP contribution in [0.25, 0.3) is 10.8 Å². The zero-order valence-corrected chi connectivity index (χ0v) is 15.4. The maximum Gasteiger partial charge on any atom is 0.257 e. The molecule has 4 aromatic rings. The molecule has 0 fully saturated rings. The van der Waals surface area contributed by atoms with Gasteiger partial charge in [-0.3, -0.25) is 9.48 Å². The second-order valence-corrected chi connectivity index (χ2v) is 6.81. The normalized spacial score (nSPS) is 10.9. The molecule has 0 bridgehead atoms. The van der Waals surface area contributed by atoms with E-state index in [0.717, 1.165) is 11.1 Å². The summed E-state index contributed by atoms with van der Waals surface area (Å²) in [4.78, 5) is 12.6. The number of nitrogens with zero attached hydrogens (tertiary/aromatic N) is 2. The first-order chi connectivity index (χ1) is 13.1. The second-order valence-electron chi connectivity index (χ2n) is 6.81. The molecule has 0 atom stereocenters. The molecule has 134 valence electrons. The minimum atomic E-state index is -0.133. The summed E-state index contributed by atoms with van der Waals surface area (Å²) >= 11 is 0. The van der Waals surface area contributed by atoms with Gasteiger partial charge in [-0.1, -0.05) is 60.2 Å². The quantitative estimate of drug-likeness (QED) is 0.563. The summed E-state index contributed by atoms with van der Waals surface area (Å²) in [6.07, 6.45) is 1.89. The Bertz CT molecular complexity index is 1120. The molecule has 0 radical (unpaired) electrons. The maximum absolute atomic E-state index is 12.6. The van der Waals surface area contributed by atoms with Crippen molar-refractivity contribution in [3.8, 4) is 0 Å². The average Bonchev–Trinajstić information content (AvgIpc) is 3.11. The summed E-state index contributed by atoms with van der Waals surface area (Å²) in [5, 5.41) is 9.85. The fourth-order valence-electron chi connectivity index (χ4n) is 3.29. The van der Waals surface area contributed by atoms with Gasteiger partial charge in [0, 0.05) is 17.8 Å². The van der Waals surface area contributed by atoms with Crippen molar-refractivity contribution in [1.29, 1.82) is 0 Å². The Labute approximate surface area is 158 Å². The Hall–Kier alpha value is -3.40. The molecule has 0 saturated heterocycles. The van der Waals surface area contributed by atoms with Crippen LogP contribution < -0.4 is 5.32 Å². The largest absolute Gasteiger partial charge is 0.305 e. The topological polar surface area (TPSA) is 46.9 Å². The lowest BCUT2D eigenvalue weighted by Crippen LogP contribution is -2.14. The van der Waals surface area contributed by atoms with E-state index in [1.165, 1.54) is 16.3 Å². The first-order valence-electron chi connectivity index (χ1n) is 8.99. The van der Waals surface area contributed by atoms with Crippen molar-refractivity contribution in [3.63, 3.8) is 0 Å². The number of nitrogens with one attached hydrogen (secondary N) is 1. The van der Waals surface area contributed by atoms with Gasteiger partial charge >= 0.3 is 0 Å². The predicted molar refractivity (Wildman–Crippen MR) is 109 cm³/mol. The smallest absolute Gasteiger partial charge is 0.257 e. The standard InChI is InChI=1S/C23H21N3O/c1-16-10-11-17(2)21(14-16)23(27)24-22-12-13-26(25-22)15-19-8-5-7-18-6-3-4-9-20(18)19/h3-14H,15H2,1-2H3,(H,24,25,27). The molecule has 27 heavy (non-hydrogen) atoms. The van der Waals surface area contributed by atoms with Crippen LogP contribution in [0, 0.1) is 13.8 Å². The van der Waals surface area contributed by atoms with Gasteiger partial charge in [0.15, 0.2) is 5.82 Å². The Morgan fingerprint density at radius 1 is 1.00 bits per heavy atom. The first kappa shape index (κ1) is 17.0. The van der Waals surface area contributed by atoms with Crippen LogP contribution in [0.1, 0.15) is 27.0 Å². The fourth-order valence-corrected chi connectivity index (χ4v) is 3.29. The summed E-state index contributed by atoms with van der Waals surface area (Å²) in [5.74, 6) is 0.424. The number of amides is 1. The maximum atomic E-state index is 12.6. The fraction of sp³-hybridized carbons (Fsp3) is 0.130. The lowest BCUT2D eigenvalue weighted by molar-refractivity contribution is 0.102. The van der Waals surface area contributed by atoms with Gasteiger partial charge in [0.25, 0.3) is 5.91 Å². The van der Waals surface area contributed by atoms with Gasteiger partial charge in [0.05, 0.1) is 6.54 Å². The van der Waals surface area contributed by atoms with E-state index in [1.54, 1.807) is 0 Å². The number of fused-ring (bicyclic) bond motifs is 1. The van der Waals surface area contributed by atoms with Crippen molar-refractivity contribution in [1.82, 2.24) is 9.78 Å². The van der Waals surface area contributed by atoms with Crippen molar-refractivity contribution in [2.45, 2.75) is 20.4 Å². The van der Waals surface area contributed by atoms with Crippen molar-refractivity contribution in [2.75, 3.05) is 5.32 Å². The number of aromatic nitrogens is 2. The molecule has 0 aliphatic heterocycles. The monoisotopic (exact) mass is 355 g/mol. The highest BCUT2D eigenvalue weighted by Gasteiger charge is 2.11. The summed E-state index contributed by atoms with van der Waals surface area (Å²) in [7, 11) is 0. The van der Waals surface area contributed by atoms with E-state index in [9.17, 15) is 4.79 Å². The van der Waals surface area contributed by atoms with Gasteiger partial charge in [-0.2, -0.15) is 5.10 Å². The molecule has 0 unspecified atom stereocenters. The predicted octanol–water partition coefficient (Wildman–Crippen LogP) is 4.95. The Morgan fingerprint density at radius 3 is 2.70 bits per heavy atom. The van der Waals surface area contributed by atoms with Crippen molar-refractivity contribution in [3.05, 3.63) is 95.2 Å². The molecule has 1 heterocycles. The van der Waals surface area contributed by atoms with E-state index < -0.39 is 0 Å². The molecular formula is C23H21N3O. The number of carbonyl (C=O) groups is 1. The molecule has 0 spiro atoms. The number of carbonyl (C=O) groups excluding carboxylic acids is 1. The molecule has 1 N–H and O–H groups in total. The highest BCUT2D eigenvalue weighted by atomic mass is 16.1. The Morgan fingerprint density at radius 2 is 1.81 bits per heavy atom. The highest BCUT2D eigenvalue weighted by molar-refractivity contribution is 6.04. The summed E-state index contributed by atoms with van der Waals surface area (Å²) in [6.45, 7) is 4.57. The zero-order valence-electron chi connectivity index (χ0n) is 15.4. The number of benzene rings is 3. The second kappa shape index (κ2) is 7.08. The van der Waals surface area contributed by atoms with Gasteiger partial charge in [0.1, 0.15) is 0 Å². The number of rotatable bonds is 4. The van der Waals surface area contributed by atoms with E-state index >= 15 is 0 Å². The Kier molecular flexibility index (Phi) is 4.47.